The van der Waals surface area contributed by atoms with Gasteiger partial charge in [0.15, 0.2) is 5.52 Å². The normalized spacial score (nSPS) is 14.0. The van der Waals surface area contributed by atoms with Crippen LogP contribution in [0.15, 0.2) is 52.2 Å². The number of aromatic amines is 1. The number of piperazine rings is 1. The number of ether oxygens (including phenoxy) is 2. The molecule has 2 N–H and O–H groups in total. The zero-order valence-electron chi connectivity index (χ0n) is 26.4. The van der Waals surface area contributed by atoms with E-state index >= 15 is 0 Å². The number of nitrogens with zero attached hydrogens (tertiary/aromatic N) is 5. The number of likely N-dealkylation sites (N-methyl/N-ethyl adjacent to an activating group) is 1. The van der Waals surface area contributed by atoms with Gasteiger partial charge < -0.3 is 24.5 Å². The van der Waals surface area contributed by atoms with Gasteiger partial charge in [0.05, 0.1) is 22.8 Å². The number of carbonyl (C=O) groups is 2. The molecule has 0 bridgehead atoms. The van der Waals surface area contributed by atoms with Crippen LogP contribution in [0.25, 0.3) is 22.4 Å². The van der Waals surface area contributed by atoms with Crippen LogP contribution in [0.4, 0.5) is 0 Å². The fourth-order valence-electron chi connectivity index (χ4n) is 4.98. The molecule has 46 heavy (non-hydrogen) atoms. The molecule has 1 aliphatic rings. The molecule has 15 heteroatoms. The fourth-order valence-corrected chi connectivity index (χ4v) is 6.43. The number of carboxylic acids is 1. The van der Waals surface area contributed by atoms with Crippen LogP contribution < -0.4 is 15.0 Å². The number of carboxylic acid groups (broad SMARTS) is 1. The van der Waals surface area contributed by atoms with Gasteiger partial charge >= 0.3 is 11.9 Å². The first kappa shape index (κ1) is 34.3. The quantitative estimate of drug-likeness (QED) is 0.200. The monoisotopic (exact) mass is 654 g/mol. The van der Waals surface area contributed by atoms with E-state index in [1.807, 2.05) is 20.9 Å². The second-order valence-electron chi connectivity index (χ2n) is 10.6. The van der Waals surface area contributed by atoms with E-state index in [4.69, 9.17) is 14.8 Å². The van der Waals surface area contributed by atoms with Crippen LogP contribution in [0, 0.1) is 0 Å². The standard InChI is InChI=1S/C22H30N6O4S.C9H8O4/c1-5-7-17-19-20(27(4)25-17)22(29)24-21(23-19)16-14-15(8-9-18(16)32-6-2)33(30,31)28-12-10-26(3)11-13-28;1-6(10)13-8-5-3-2-4-7(8)9(11)12/h8-9,14H,5-7,10-13H2,1-4H3,(H,23,24,29);2-5H,1H3,(H,11,12). The maximum absolute atomic E-state index is 13.3. The highest BCUT2D eigenvalue weighted by Crippen LogP contribution is 2.32. The molecular formula is C31H38N6O8S. The van der Waals surface area contributed by atoms with Crippen LogP contribution in [-0.4, -0.2) is 94.3 Å². The lowest BCUT2D eigenvalue weighted by atomic mass is 10.1. The van der Waals surface area contributed by atoms with E-state index in [0.29, 0.717) is 61.6 Å². The third-order valence-electron chi connectivity index (χ3n) is 7.23. The van der Waals surface area contributed by atoms with Gasteiger partial charge in [-0.3, -0.25) is 14.3 Å². The van der Waals surface area contributed by atoms with E-state index in [-0.39, 0.29) is 27.6 Å². The zero-order chi connectivity index (χ0) is 33.6. The number of nitrogens with one attached hydrogen (secondary N) is 1. The minimum atomic E-state index is -3.70. The number of aryl methyl sites for hydroxylation is 2. The number of para-hydroxylation sites is 1. The van der Waals surface area contributed by atoms with Gasteiger partial charge in [-0.05, 0) is 50.7 Å². The number of fused-ring (bicyclic) bond motifs is 1. The molecule has 0 unspecified atom stereocenters. The van der Waals surface area contributed by atoms with Gasteiger partial charge in [0.2, 0.25) is 10.0 Å². The SMILES string of the molecule is CC(=O)Oc1ccccc1C(=O)O.CCCc1nn(C)c2c(=O)[nH]c(-c3cc(S(=O)(=O)N4CCN(C)CC4)ccc3OCC)nc12. The molecule has 0 aliphatic carbocycles. The number of hydrogen-bond acceptors (Lipinski definition) is 10. The van der Waals surface area contributed by atoms with E-state index in [1.165, 1.54) is 28.0 Å². The fraction of sp³-hybridized carbons (Fsp3) is 0.387. The summed E-state index contributed by atoms with van der Waals surface area (Å²) in [6, 6.07) is 10.7. The van der Waals surface area contributed by atoms with Crippen LogP contribution in [0.1, 0.15) is 43.2 Å². The van der Waals surface area contributed by atoms with Crippen LogP contribution in [0.3, 0.4) is 0 Å². The van der Waals surface area contributed by atoms with E-state index in [9.17, 15) is 22.8 Å². The summed E-state index contributed by atoms with van der Waals surface area (Å²) < 4.78 is 40.1. The molecule has 1 saturated heterocycles. The van der Waals surface area contributed by atoms with Crippen molar-refractivity contribution in [2.75, 3.05) is 39.8 Å². The molecule has 5 rings (SSSR count). The Bertz CT molecular complexity index is 1890. The van der Waals surface area contributed by atoms with Crippen LogP contribution >= 0.6 is 0 Å². The first-order valence-corrected chi connectivity index (χ1v) is 16.2. The number of H-pyrrole nitrogens is 1. The molecule has 2 aromatic heterocycles. The van der Waals surface area contributed by atoms with E-state index in [0.717, 1.165) is 12.1 Å². The molecule has 2 aromatic carbocycles. The Hall–Kier alpha value is -4.60. The molecular weight excluding hydrogens is 616 g/mol. The van der Waals surface area contributed by atoms with Crippen molar-refractivity contribution >= 4 is 33.0 Å². The van der Waals surface area contributed by atoms with Crippen LogP contribution in [0.2, 0.25) is 0 Å². The van der Waals surface area contributed by atoms with Gasteiger partial charge in [0, 0.05) is 40.2 Å². The van der Waals surface area contributed by atoms with Gasteiger partial charge in [0.1, 0.15) is 28.4 Å². The van der Waals surface area contributed by atoms with Gasteiger partial charge in [-0.2, -0.15) is 9.40 Å². The van der Waals surface area contributed by atoms with E-state index in [2.05, 4.69) is 19.7 Å². The third-order valence-corrected chi connectivity index (χ3v) is 9.12. The van der Waals surface area contributed by atoms with Crippen molar-refractivity contribution in [1.29, 1.82) is 0 Å². The number of benzene rings is 2. The predicted molar refractivity (Wildman–Crippen MR) is 171 cm³/mol. The summed E-state index contributed by atoms with van der Waals surface area (Å²) in [5.74, 6) is -0.858. The molecule has 1 fully saturated rings. The highest BCUT2D eigenvalue weighted by molar-refractivity contribution is 7.89. The van der Waals surface area contributed by atoms with Crippen molar-refractivity contribution in [2.24, 2.45) is 7.05 Å². The maximum Gasteiger partial charge on any atom is 0.339 e. The Labute approximate surface area is 266 Å². The Morgan fingerprint density at radius 1 is 1.02 bits per heavy atom. The molecule has 0 atom stereocenters. The first-order valence-electron chi connectivity index (χ1n) is 14.8. The van der Waals surface area contributed by atoms with Crippen molar-refractivity contribution in [3.8, 4) is 22.9 Å². The van der Waals surface area contributed by atoms with Crippen molar-refractivity contribution in [1.82, 2.24) is 29.0 Å². The molecule has 4 aromatic rings. The van der Waals surface area contributed by atoms with Crippen molar-refractivity contribution in [3.63, 3.8) is 0 Å². The predicted octanol–water partition coefficient (Wildman–Crippen LogP) is 2.92. The summed E-state index contributed by atoms with van der Waals surface area (Å²) in [5, 5.41) is 13.1. The summed E-state index contributed by atoms with van der Waals surface area (Å²) in [5.41, 5.74) is 1.73. The number of esters is 1. The Kier molecular flexibility index (Phi) is 10.9. The van der Waals surface area contributed by atoms with E-state index in [1.54, 1.807) is 37.4 Å². The maximum atomic E-state index is 13.3. The Morgan fingerprint density at radius 2 is 1.72 bits per heavy atom. The molecule has 1 aliphatic heterocycles. The zero-order valence-corrected chi connectivity index (χ0v) is 27.3. The largest absolute Gasteiger partial charge is 0.493 e. The van der Waals surface area contributed by atoms with Gasteiger partial charge in [-0.1, -0.05) is 25.5 Å². The van der Waals surface area contributed by atoms with Crippen molar-refractivity contribution < 1.29 is 32.6 Å². The highest BCUT2D eigenvalue weighted by atomic mass is 32.2. The summed E-state index contributed by atoms with van der Waals surface area (Å²) in [4.78, 5) is 43.8. The molecule has 0 spiro atoms. The third kappa shape index (κ3) is 7.61. The molecule has 246 valence electrons. The summed E-state index contributed by atoms with van der Waals surface area (Å²) in [7, 11) is -0.00831. The average molecular weight is 655 g/mol. The lowest BCUT2D eigenvalue weighted by Crippen LogP contribution is -2.47. The number of carbonyl (C=O) groups excluding carboxylic acids is 1. The lowest BCUT2D eigenvalue weighted by molar-refractivity contribution is -0.131. The number of aromatic carboxylic acids is 1. The summed E-state index contributed by atoms with van der Waals surface area (Å²) in [6.45, 7) is 7.70. The van der Waals surface area contributed by atoms with Crippen molar-refractivity contribution in [2.45, 2.75) is 38.5 Å². The van der Waals surface area contributed by atoms with Crippen LogP contribution in [-0.2, 0) is 28.3 Å². The highest BCUT2D eigenvalue weighted by Gasteiger charge is 2.29. The average Bonchev–Trinajstić information content (AvgIpc) is 3.33. The number of aromatic nitrogens is 4. The molecule has 0 radical (unpaired) electrons. The van der Waals surface area contributed by atoms with Gasteiger partial charge in [-0.25, -0.2) is 18.2 Å². The smallest absolute Gasteiger partial charge is 0.339 e. The topological polar surface area (TPSA) is 177 Å². The molecule has 0 saturated carbocycles. The number of hydrogen-bond donors (Lipinski definition) is 2. The second-order valence-corrected chi connectivity index (χ2v) is 12.6. The molecule has 3 heterocycles. The van der Waals surface area contributed by atoms with Gasteiger partial charge in [-0.15, -0.1) is 0 Å². The second kappa shape index (κ2) is 14.7. The van der Waals surface area contributed by atoms with Gasteiger partial charge in [0.25, 0.3) is 5.56 Å². The number of rotatable bonds is 9. The molecule has 0 amide bonds. The van der Waals surface area contributed by atoms with Crippen LogP contribution in [0.5, 0.6) is 11.5 Å². The minimum absolute atomic E-state index is 0.0160. The number of sulfonamides is 1. The Balaban J connectivity index is 0.000000310. The van der Waals surface area contributed by atoms with Crippen molar-refractivity contribution in [3.05, 3.63) is 64.1 Å². The molecule has 14 nitrogen and oxygen atoms in total. The Morgan fingerprint density at radius 3 is 2.35 bits per heavy atom. The lowest BCUT2D eigenvalue weighted by Gasteiger charge is -2.31. The summed E-state index contributed by atoms with van der Waals surface area (Å²) >= 11 is 0. The first-order chi connectivity index (χ1) is 21.9. The minimum Gasteiger partial charge on any atom is -0.493 e. The summed E-state index contributed by atoms with van der Waals surface area (Å²) in [6.07, 6.45) is 1.54. The van der Waals surface area contributed by atoms with E-state index < -0.39 is 22.0 Å².